The fourth-order valence-electron chi connectivity index (χ4n) is 1.29. The molecule has 1 rings (SSSR count). The van der Waals surface area contributed by atoms with E-state index in [0.29, 0.717) is 17.4 Å². The summed E-state index contributed by atoms with van der Waals surface area (Å²) in [5.41, 5.74) is 6.00. The summed E-state index contributed by atoms with van der Waals surface area (Å²) >= 11 is 1.60. The van der Waals surface area contributed by atoms with Crippen LogP contribution in [0.4, 0.5) is 15.8 Å². The van der Waals surface area contributed by atoms with Crippen LogP contribution in [0.5, 0.6) is 0 Å². The lowest BCUT2D eigenvalue weighted by atomic mass is 10.2. The number of nitrogens with one attached hydrogen (secondary N) is 1. The number of benzene rings is 1. The fourth-order valence-corrected chi connectivity index (χ4v) is 2.30. The Balaban J connectivity index is 2.38. The van der Waals surface area contributed by atoms with Crippen LogP contribution in [0.3, 0.4) is 0 Å². The van der Waals surface area contributed by atoms with Gasteiger partial charge in [-0.3, -0.25) is 4.79 Å². The van der Waals surface area contributed by atoms with Crippen molar-refractivity contribution in [3.05, 3.63) is 24.0 Å². The molecule has 0 spiro atoms. The third-order valence-corrected chi connectivity index (χ3v) is 3.88. The van der Waals surface area contributed by atoms with Gasteiger partial charge < -0.3 is 11.1 Å². The number of carbonyl (C=O) groups excluding carboxylic acids is 1. The molecule has 100 valence electrons. The minimum Gasteiger partial charge on any atom is -0.396 e. The lowest BCUT2D eigenvalue weighted by Gasteiger charge is -2.08. The highest BCUT2D eigenvalue weighted by Gasteiger charge is 2.06. The van der Waals surface area contributed by atoms with Gasteiger partial charge in [-0.05, 0) is 29.9 Å². The molecule has 1 amide bonds. The van der Waals surface area contributed by atoms with Gasteiger partial charge in [-0.2, -0.15) is 11.8 Å². The fraction of sp³-hybridized carbons (Fsp3) is 0.462. The quantitative estimate of drug-likeness (QED) is 0.781. The van der Waals surface area contributed by atoms with Crippen LogP contribution in [0.25, 0.3) is 0 Å². The monoisotopic (exact) mass is 270 g/mol. The van der Waals surface area contributed by atoms with Gasteiger partial charge in [0.25, 0.3) is 0 Å². The van der Waals surface area contributed by atoms with E-state index < -0.39 is 5.82 Å². The molecule has 1 unspecified atom stereocenters. The Morgan fingerprint density at radius 1 is 1.56 bits per heavy atom. The first kappa shape index (κ1) is 14.8. The molecule has 0 aliphatic rings. The molecule has 1 aromatic rings. The molecular weight excluding hydrogens is 251 g/mol. The number of hydrogen-bond donors (Lipinski definition) is 2. The van der Waals surface area contributed by atoms with Gasteiger partial charge in [-0.25, -0.2) is 4.39 Å². The molecule has 1 aromatic carbocycles. The Labute approximate surface area is 111 Å². The molecule has 0 heterocycles. The summed E-state index contributed by atoms with van der Waals surface area (Å²) in [7, 11) is 0. The minimum atomic E-state index is -0.473. The number of carbonyl (C=O) groups is 1. The summed E-state index contributed by atoms with van der Waals surface area (Å²) < 4.78 is 12.9. The number of nitrogens with two attached hydrogens (primary N) is 1. The maximum absolute atomic E-state index is 12.9. The van der Waals surface area contributed by atoms with Crippen LogP contribution < -0.4 is 11.1 Å². The Bertz CT molecular complexity index is 412. The van der Waals surface area contributed by atoms with Crippen molar-refractivity contribution in [2.24, 2.45) is 5.92 Å². The molecule has 0 radical (unpaired) electrons. The second kappa shape index (κ2) is 7.26. The molecule has 0 saturated carbocycles. The van der Waals surface area contributed by atoms with E-state index in [9.17, 15) is 9.18 Å². The van der Waals surface area contributed by atoms with Crippen LogP contribution in [0.1, 0.15) is 20.3 Å². The average Bonchev–Trinajstić information content (AvgIpc) is 2.33. The number of halogens is 1. The topological polar surface area (TPSA) is 55.1 Å². The molecule has 0 fully saturated rings. The normalized spacial score (nSPS) is 12.2. The number of thioether (sulfide) groups is 1. The Morgan fingerprint density at radius 3 is 2.89 bits per heavy atom. The van der Waals surface area contributed by atoms with Gasteiger partial charge in [0, 0.05) is 5.69 Å². The number of nitrogen functional groups attached to an aromatic ring is 1. The third-order valence-electron chi connectivity index (χ3n) is 2.61. The highest BCUT2D eigenvalue weighted by Crippen LogP contribution is 2.17. The Morgan fingerprint density at radius 2 is 2.28 bits per heavy atom. The van der Waals surface area contributed by atoms with E-state index in [1.54, 1.807) is 11.8 Å². The van der Waals surface area contributed by atoms with Crippen molar-refractivity contribution in [3.63, 3.8) is 0 Å². The molecular formula is C13H19FN2OS. The standard InChI is InChI=1S/C13H19FN2OS/c1-3-9(2)7-18-8-13(17)16-10-4-5-11(14)12(15)6-10/h4-6,9H,3,7-8,15H2,1-2H3,(H,16,17). The van der Waals surface area contributed by atoms with E-state index in [4.69, 9.17) is 5.73 Å². The van der Waals surface area contributed by atoms with Crippen molar-refractivity contribution >= 4 is 29.0 Å². The molecule has 1 atom stereocenters. The van der Waals surface area contributed by atoms with Crippen LogP contribution in [0.15, 0.2) is 18.2 Å². The molecule has 5 heteroatoms. The second-order valence-corrected chi connectivity index (χ2v) is 5.34. The third kappa shape index (κ3) is 4.96. The van der Waals surface area contributed by atoms with Crippen LogP contribution in [-0.4, -0.2) is 17.4 Å². The molecule has 0 aliphatic heterocycles. The first-order chi connectivity index (χ1) is 8.52. The number of rotatable bonds is 6. The minimum absolute atomic E-state index is 0.0417. The van der Waals surface area contributed by atoms with Gasteiger partial charge in [0.15, 0.2) is 0 Å². The van der Waals surface area contributed by atoms with Crippen LogP contribution in [0.2, 0.25) is 0 Å². The van der Waals surface area contributed by atoms with Crippen molar-refractivity contribution in [1.82, 2.24) is 0 Å². The van der Waals surface area contributed by atoms with Gasteiger partial charge in [0.1, 0.15) is 5.82 Å². The largest absolute Gasteiger partial charge is 0.396 e. The zero-order chi connectivity index (χ0) is 13.5. The zero-order valence-electron chi connectivity index (χ0n) is 10.7. The van der Waals surface area contributed by atoms with E-state index in [2.05, 4.69) is 19.2 Å². The Kier molecular flexibility index (Phi) is 5.98. The lowest BCUT2D eigenvalue weighted by Crippen LogP contribution is -2.15. The van der Waals surface area contributed by atoms with E-state index in [1.807, 2.05) is 0 Å². The molecule has 0 bridgehead atoms. The van der Waals surface area contributed by atoms with Crippen molar-refractivity contribution in [1.29, 1.82) is 0 Å². The summed E-state index contributed by atoms with van der Waals surface area (Å²) in [4.78, 5) is 11.6. The smallest absolute Gasteiger partial charge is 0.234 e. The van der Waals surface area contributed by atoms with Gasteiger partial charge >= 0.3 is 0 Å². The van der Waals surface area contributed by atoms with E-state index in [0.717, 1.165) is 12.2 Å². The van der Waals surface area contributed by atoms with Gasteiger partial charge in [-0.1, -0.05) is 20.3 Å². The summed E-state index contributed by atoms with van der Waals surface area (Å²) in [6, 6.07) is 4.17. The molecule has 18 heavy (non-hydrogen) atoms. The Hall–Kier alpha value is -1.23. The van der Waals surface area contributed by atoms with Crippen LogP contribution in [-0.2, 0) is 4.79 Å². The van der Waals surface area contributed by atoms with Crippen molar-refractivity contribution < 1.29 is 9.18 Å². The molecule has 3 N–H and O–H groups in total. The summed E-state index contributed by atoms with van der Waals surface area (Å²) in [5.74, 6) is 1.43. The predicted molar refractivity (Wildman–Crippen MR) is 76.2 cm³/mol. The first-order valence-electron chi connectivity index (χ1n) is 5.95. The van der Waals surface area contributed by atoms with Gasteiger partial charge in [0.05, 0.1) is 11.4 Å². The highest BCUT2D eigenvalue weighted by atomic mass is 32.2. The van der Waals surface area contributed by atoms with Crippen molar-refractivity contribution in [3.8, 4) is 0 Å². The number of anilines is 2. The molecule has 0 saturated heterocycles. The van der Waals surface area contributed by atoms with Gasteiger partial charge in [-0.15, -0.1) is 0 Å². The van der Waals surface area contributed by atoms with E-state index in [1.165, 1.54) is 18.2 Å². The molecule has 3 nitrogen and oxygen atoms in total. The van der Waals surface area contributed by atoms with E-state index >= 15 is 0 Å². The molecule has 0 aromatic heterocycles. The van der Waals surface area contributed by atoms with Crippen LogP contribution >= 0.6 is 11.8 Å². The SMILES string of the molecule is CCC(C)CSCC(=O)Nc1ccc(F)c(N)c1. The maximum Gasteiger partial charge on any atom is 0.234 e. The predicted octanol–water partition coefficient (Wildman–Crippen LogP) is 3.13. The van der Waals surface area contributed by atoms with E-state index in [-0.39, 0.29) is 11.6 Å². The van der Waals surface area contributed by atoms with Gasteiger partial charge in [0.2, 0.25) is 5.91 Å². The van der Waals surface area contributed by atoms with Crippen LogP contribution in [0, 0.1) is 11.7 Å². The second-order valence-electron chi connectivity index (χ2n) is 4.31. The highest BCUT2D eigenvalue weighted by molar-refractivity contribution is 7.99. The summed E-state index contributed by atoms with van der Waals surface area (Å²) in [5, 5.41) is 2.70. The average molecular weight is 270 g/mol. The van der Waals surface area contributed by atoms with Crippen molar-refractivity contribution in [2.75, 3.05) is 22.6 Å². The number of amides is 1. The summed E-state index contributed by atoms with van der Waals surface area (Å²) in [6.45, 7) is 4.29. The maximum atomic E-state index is 12.9. The summed E-state index contributed by atoms with van der Waals surface area (Å²) in [6.07, 6.45) is 1.11. The zero-order valence-corrected chi connectivity index (χ0v) is 11.5. The first-order valence-corrected chi connectivity index (χ1v) is 7.11. The number of hydrogen-bond acceptors (Lipinski definition) is 3. The lowest BCUT2D eigenvalue weighted by molar-refractivity contribution is -0.113. The molecule has 0 aliphatic carbocycles. The van der Waals surface area contributed by atoms with Crippen molar-refractivity contribution in [2.45, 2.75) is 20.3 Å².